The Balaban J connectivity index is 1.19. The topological polar surface area (TPSA) is 25.8 Å². The van der Waals surface area contributed by atoms with Crippen molar-refractivity contribution >= 4 is 32.3 Å². The van der Waals surface area contributed by atoms with Crippen molar-refractivity contribution in [2.24, 2.45) is 0 Å². The lowest BCUT2D eigenvalue weighted by Gasteiger charge is -2.13. The summed E-state index contributed by atoms with van der Waals surface area (Å²) >= 11 is 0. The van der Waals surface area contributed by atoms with Crippen LogP contribution in [0.4, 0.5) is 0 Å². The monoisotopic (exact) mass is 610 g/mol. The van der Waals surface area contributed by atoms with E-state index in [-0.39, 0.29) is 0 Å². The van der Waals surface area contributed by atoms with E-state index in [9.17, 15) is 0 Å². The normalized spacial score (nSPS) is 11.3. The minimum absolute atomic E-state index is 0.711. The zero-order valence-corrected chi connectivity index (χ0v) is 26.2. The first-order valence-electron chi connectivity index (χ1n) is 16.3. The van der Waals surface area contributed by atoms with Crippen molar-refractivity contribution in [1.29, 1.82) is 0 Å². The number of hydrogen-bond donors (Lipinski definition) is 0. The first-order chi connectivity index (χ1) is 23.8. The number of fused-ring (bicyclic) bond motifs is 6. The van der Waals surface area contributed by atoms with E-state index < -0.39 is 0 Å². The predicted molar refractivity (Wildman–Crippen MR) is 202 cm³/mol. The van der Waals surface area contributed by atoms with Crippen LogP contribution in [0, 0.1) is 0 Å². The van der Waals surface area contributed by atoms with E-state index in [1.54, 1.807) is 0 Å². The molecule has 0 saturated carbocycles. The lowest BCUT2D eigenvalue weighted by atomic mass is 9.91. The molecule has 9 rings (SSSR count). The largest absolute Gasteiger partial charge is 0.228 e. The highest BCUT2D eigenvalue weighted by molar-refractivity contribution is 6.25. The van der Waals surface area contributed by atoms with Gasteiger partial charge in [-0.05, 0) is 78.8 Å². The molecule has 0 aliphatic rings. The van der Waals surface area contributed by atoms with Crippen LogP contribution in [0.3, 0.4) is 0 Å². The van der Waals surface area contributed by atoms with Crippen molar-refractivity contribution in [3.05, 3.63) is 182 Å². The van der Waals surface area contributed by atoms with Crippen molar-refractivity contribution < 1.29 is 0 Å². The minimum Gasteiger partial charge on any atom is -0.228 e. The Hall–Kier alpha value is -6.38. The molecule has 0 fully saturated rings. The Morgan fingerprint density at radius 1 is 0.229 bits per heavy atom. The average molecular weight is 611 g/mol. The third kappa shape index (κ3) is 5.01. The molecule has 224 valence electrons. The maximum Gasteiger partial charge on any atom is 0.160 e. The van der Waals surface area contributed by atoms with Crippen LogP contribution in [0.15, 0.2) is 182 Å². The third-order valence-corrected chi connectivity index (χ3v) is 9.26. The quantitative estimate of drug-likeness (QED) is 0.181. The summed E-state index contributed by atoms with van der Waals surface area (Å²) < 4.78 is 0. The van der Waals surface area contributed by atoms with Crippen LogP contribution in [-0.4, -0.2) is 9.97 Å². The van der Waals surface area contributed by atoms with E-state index in [1.165, 1.54) is 43.4 Å². The van der Waals surface area contributed by atoms with E-state index in [1.807, 2.05) is 24.3 Å². The van der Waals surface area contributed by atoms with Gasteiger partial charge in [0.15, 0.2) is 5.82 Å². The summed E-state index contributed by atoms with van der Waals surface area (Å²) in [5.41, 5.74) is 9.56. The van der Waals surface area contributed by atoms with Gasteiger partial charge in [0, 0.05) is 16.7 Å². The molecule has 0 spiro atoms. The highest BCUT2D eigenvalue weighted by Crippen LogP contribution is 2.38. The number of nitrogens with zero attached hydrogens (tertiary/aromatic N) is 2. The summed E-state index contributed by atoms with van der Waals surface area (Å²) in [6.07, 6.45) is 0. The molecular weight excluding hydrogens is 581 g/mol. The van der Waals surface area contributed by atoms with E-state index in [4.69, 9.17) is 9.97 Å². The smallest absolute Gasteiger partial charge is 0.160 e. The summed E-state index contributed by atoms with van der Waals surface area (Å²) in [5.74, 6) is 0.711. The Morgan fingerprint density at radius 3 is 1.19 bits per heavy atom. The molecule has 2 heteroatoms. The van der Waals surface area contributed by atoms with Gasteiger partial charge in [0.25, 0.3) is 0 Å². The molecule has 0 radical (unpaired) electrons. The lowest BCUT2D eigenvalue weighted by molar-refractivity contribution is 1.18. The molecule has 0 atom stereocenters. The maximum atomic E-state index is 5.13. The van der Waals surface area contributed by atoms with Gasteiger partial charge in [-0.3, -0.25) is 0 Å². The van der Waals surface area contributed by atoms with Crippen LogP contribution in [0.1, 0.15) is 0 Å². The standard InChI is InChI=1S/C46H30N2/c1-3-13-31(14-4-1)33-17-11-19-36(27-33)44-30-45(48-46(47-44)32-15-5-2-6-16-32)37-20-12-18-34(28-37)35-25-26-42-40-23-8-7-21-38(40)39-22-9-10-24-41(39)43(42)29-35/h1-30H. The Labute approximate surface area is 279 Å². The van der Waals surface area contributed by atoms with Crippen LogP contribution in [0.2, 0.25) is 0 Å². The van der Waals surface area contributed by atoms with Crippen molar-refractivity contribution in [3.63, 3.8) is 0 Å². The van der Waals surface area contributed by atoms with E-state index in [0.29, 0.717) is 5.82 Å². The summed E-state index contributed by atoms with van der Waals surface area (Å²) in [7, 11) is 0. The van der Waals surface area contributed by atoms with Gasteiger partial charge in [0.1, 0.15) is 0 Å². The van der Waals surface area contributed by atoms with Crippen LogP contribution < -0.4 is 0 Å². The van der Waals surface area contributed by atoms with Crippen LogP contribution >= 0.6 is 0 Å². The molecule has 0 unspecified atom stereocenters. The van der Waals surface area contributed by atoms with Gasteiger partial charge in [-0.15, -0.1) is 0 Å². The third-order valence-electron chi connectivity index (χ3n) is 9.26. The highest BCUT2D eigenvalue weighted by atomic mass is 14.9. The van der Waals surface area contributed by atoms with Gasteiger partial charge < -0.3 is 0 Å². The second-order valence-corrected chi connectivity index (χ2v) is 12.2. The van der Waals surface area contributed by atoms with Gasteiger partial charge in [0.05, 0.1) is 11.4 Å². The molecule has 0 aliphatic carbocycles. The number of hydrogen-bond acceptors (Lipinski definition) is 2. The first-order valence-corrected chi connectivity index (χ1v) is 16.3. The van der Waals surface area contributed by atoms with Crippen molar-refractivity contribution in [2.45, 2.75) is 0 Å². The molecule has 1 aromatic heterocycles. The second-order valence-electron chi connectivity index (χ2n) is 12.2. The molecule has 8 aromatic carbocycles. The van der Waals surface area contributed by atoms with Crippen LogP contribution in [-0.2, 0) is 0 Å². The Kier molecular flexibility index (Phi) is 6.84. The van der Waals surface area contributed by atoms with Gasteiger partial charge in [-0.2, -0.15) is 0 Å². The Bertz CT molecular complexity index is 2570. The van der Waals surface area contributed by atoms with Gasteiger partial charge in [-0.25, -0.2) is 9.97 Å². The zero-order valence-electron chi connectivity index (χ0n) is 26.2. The van der Waals surface area contributed by atoms with Crippen molar-refractivity contribution in [3.8, 4) is 56.2 Å². The van der Waals surface area contributed by atoms with Crippen molar-refractivity contribution in [2.75, 3.05) is 0 Å². The molecule has 48 heavy (non-hydrogen) atoms. The fourth-order valence-electron chi connectivity index (χ4n) is 6.89. The number of benzene rings is 8. The molecule has 0 aliphatic heterocycles. The minimum atomic E-state index is 0.711. The highest BCUT2D eigenvalue weighted by Gasteiger charge is 2.14. The predicted octanol–water partition coefficient (Wildman–Crippen LogP) is 12.3. The van der Waals surface area contributed by atoms with Crippen LogP contribution in [0.5, 0.6) is 0 Å². The van der Waals surface area contributed by atoms with Gasteiger partial charge >= 0.3 is 0 Å². The van der Waals surface area contributed by atoms with Crippen molar-refractivity contribution in [1.82, 2.24) is 9.97 Å². The number of rotatable bonds is 5. The fraction of sp³-hybridized carbons (Fsp3) is 0. The Morgan fingerprint density at radius 2 is 0.625 bits per heavy atom. The van der Waals surface area contributed by atoms with E-state index >= 15 is 0 Å². The SMILES string of the molecule is c1ccc(-c2cccc(-c3cc(-c4cccc(-c5ccc6c7ccccc7c7ccccc7c6c5)c4)nc(-c4ccccc4)n3)c2)cc1. The summed E-state index contributed by atoms with van der Waals surface area (Å²) in [5, 5.41) is 7.67. The summed E-state index contributed by atoms with van der Waals surface area (Å²) in [6, 6.07) is 64.5. The maximum absolute atomic E-state index is 5.13. The van der Waals surface area contributed by atoms with E-state index in [0.717, 1.165) is 39.2 Å². The summed E-state index contributed by atoms with van der Waals surface area (Å²) in [6.45, 7) is 0. The molecular formula is C46H30N2. The molecule has 0 saturated heterocycles. The number of aromatic nitrogens is 2. The fourth-order valence-corrected chi connectivity index (χ4v) is 6.89. The van der Waals surface area contributed by atoms with Gasteiger partial charge in [-0.1, -0.05) is 158 Å². The second kappa shape index (κ2) is 11.8. The molecule has 0 amide bonds. The zero-order chi connectivity index (χ0) is 31.9. The molecule has 1 heterocycles. The van der Waals surface area contributed by atoms with Crippen LogP contribution in [0.25, 0.3) is 88.5 Å². The van der Waals surface area contributed by atoms with Gasteiger partial charge in [0.2, 0.25) is 0 Å². The van der Waals surface area contributed by atoms with E-state index in [2.05, 4.69) is 158 Å². The molecule has 0 bridgehead atoms. The molecule has 9 aromatic rings. The average Bonchev–Trinajstić information content (AvgIpc) is 3.18. The lowest BCUT2D eigenvalue weighted by Crippen LogP contribution is -1.96. The molecule has 2 nitrogen and oxygen atoms in total. The summed E-state index contributed by atoms with van der Waals surface area (Å²) in [4.78, 5) is 10.2. The molecule has 0 N–H and O–H groups in total. The first kappa shape index (κ1) is 27.9.